The van der Waals surface area contributed by atoms with Gasteiger partial charge in [-0.1, -0.05) is 30.9 Å². The Kier molecular flexibility index (Phi) is 7.24. The average Bonchev–Trinajstić information content (AvgIpc) is 2.77. The van der Waals surface area contributed by atoms with Gasteiger partial charge in [-0.3, -0.25) is 9.59 Å². The number of nitrogens with zero attached hydrogens (tertiary/aromatic N) is 1. The van der Waals surface area contributed by atoms with E-state index in [0.29, 0.717) is 49.9 Å². The first kappa shape index (κ1) is 20.4. The van der Waals surface area contributed by atoms with Crippen molar-refractivity contribution in [3.8, 4) is 5.75 Å². The van der Waals surface area contributed by atoms with Crippen molar-refractivity contribution in [3.05, 3.63) is 66.7 Å². The summed E-state index contributed by atoms with van der Waals surface area (Å²) in [5.74, 6) is 0.369. The number of morpholine rings is 1. The monoisotopic (exact) mass is 395 g/mol. The minimum atomic E-state index is -0.223. The molecule has 0 bridgehead atoms. The second kappa shape index (κ2) is 10.3. The zero-order valence-electron chi connectivity index (χ0n) is 16.2. The third-order valence-electron chi connectivity index (χ3n) is 4.37. The van der Waals surface area contributed by atoms with Gasteiger partial charge in [-0.15, -0.1) is 0 Å². The van der Waals surface area contributed by atoms with Gasteiger partial charge in [0.2, 0.25) is 5.91 Å². The summed E-state index contributed by atoms with van der Waals surface area (Å²) in [6.07, 6.45) is 1.66. The second-order valence-electron chi connectivity index (χ2n) is 6.48. The Bertz CT molecular complexity index is 863. The molecule has 7 nitrogen and oxygen atoms in total. The minimum absolute atomic E-state index is 0.0594. The van der Waals surface area contributed by atoms with Crippen LogP contribution in [0.1, 0.15) is 10.4 Å². The molecule has 0 radical (unpaired) electrons. The molecule has 2 aromatic rings. The van der Waals surface area contributed by atoms with E-state index in [1.54, 1.807) is 35.2 Å². The van der Waals surface area contributed by atoms with E-state index in [-0.39, 0.29) is 18.4 Å². The van der Waals surface area contributed by atoms with Crippen LogP contribution < -0.4 is 15.4 Å². The van der Waals surface area contributed by atoms with Gasteiger partial charge < -0.3 is 25.0 Å². The number of hydrogen-bond donors (Lipinski definition) is 2. The van der Waals surface area contributed by atoms with Crippen molar-refractivity contribution in [1.82, 2.24) is 4.90 Å². The van der Waals surface area contributed by atoms with Crippen molar-refractivity contribution >= 4 is 23.2 Å². The quantitative estimate of drug-likeness (QED) is 0.672. The molecule has 2 aromatic carbocycles. The molecule has 0 atom stereocenters. The van der Waals surface area contributed by atoms with Crippen LogP contribution >= 0.6 is 0 Å². The van der Waals surface area contributed by atoms with Gasteiger partial charge in [-0.25, -0.2) is 0 Å². The molecule has 0 spiro atoms. The van der Waals surface area contributed by atoms with Crippen LogP contribution in [0.3, 0.4) is 0 Å². The van der Waals surface area contributed by atoms with Crippen LogP contribution in [-0.4, -0.2) is 56.2 Å². The second-order valence-corrected chi connectivity index (χ2v) is 6.48. The number of para-hydroxylation sites is 2. The highest BCUT2D eigenvalue weighted by Crippen LogP contribution is 2.23. The third-order valence-corrected chi connectivity index (χ3v) is 4.37. The number of nitrogens with one attached hydrogen (secondary N) is 2. The van der Waals surface area contributed by atoms with Gasteiger partial charge in [-0.05, 0) is 30.3 Å². The van der Waals surface area contributed by atoms with Crippen molar-refractivity contribution in [1.29, 1.82) is 0 Å². The Morgan fingerprint density at radius 3 is 2.72 bits per heavy atom. The Labute approximate surface area is 170 Å². The summed E-state index contributed by atoms with van der Waals surface area (Å²) in [5.41, 5.74) is 1.84. The highest BCUT2D eigenvalue weighted by molar-refractivity contribution is 5.98. The van der Waals surface area contributed by atoms with Gasteiger partial charge in [0.15, 0.2) is 0 Å². The summed E-state index contributed by atoms with van der Waals surface area (Å²) in [6.45, 7) is 6.33. The first-order chi connectivity index (χ1) is 14.2. The molecule has 1 aliphatic heterocycles. The summed E-state index contributed by atoms with van der Waals surface area (Å²) in [7, 11) is 0. The minimum Gasteiger partial charge on any atom is -0.487 e. The van der Waals surface area contributed by atoms with Crippen molar-refractivity contribution in [2.24, 2.45) is 0 Å². The maximum Gasteiger partial charge on any atom is 0.254 e. The molecule has 1 saturated heterocycles. The molecule has 1 aliphatic rings. The van der Waals surface area contributed by atoms with Gasteiger partial charge in [-0.2, -0.15) is 0 Å². The van der Waals surface area contributed by atoms with Crippen molar-refractivity contribution in [3.63, 3.8) is 0 Å². The van der Waals surface area contributed by atoms with Crippen molar-refractivity contribution < 1.29 is 19.1 Å². The number of carbonyl (C=O) groups excluding carboxylic acids is 2. The molecule has 7 heteroatoms. The molecule has 29 heavy (non-hydrogen) atoms. The van der Waals surface area contributed by atoms with Crippen molar-refractivity contribution in [2.45, 2.75) is 0 Å². The van der Waals surface area contributed by atoms with E-state index in [1.807, 2.05) is 24.3 Å². The summed E-state index contributed by atoms with van der Waals surface area (Å²) in [5, 5.41) is 5.89. The summed E-state index contributed by atoms with van der Waals surface area (Å²) < 4.78 is 10.9. The smallest absolute Gasteiger partial charge is 0.254 e. The zero-order chi connectivity index (χ0) is 20.5. The third kappa shape index (κ3) is 5.83. The number of ether oxygens (including phenoxy) is 2. The number of anilines is 2. The molecule has 1 fully saturated rings. The van der Waals surface area contributed by atoms with E-state index in [9.17, 15) is 9.59 Å². The molecule has 1 heterocycles. The lowest BCUT2D eigenvalue weighted by atomic mass is 10.1. The fraction of sp³-hybridized carbons (Fsp3) is 0.273. The fourth-order valence-electron chi connectivity index (χ4n) is 2.95. The van der Waals surface area contributed by atoms with E-state index in [2.05, 4.69) is 17.2 Å². The number of hydrogen-bond acceptors (Lipinski definition) is 5. The van der Waals surface area contributed by atoms with Gasteiger partial charge in [0, 0.05) is 24.3 Å². The van der Waals surface area contributed by atoms with E-state index >= 15 is 0 Å². The van der Waals surface area contributed by atoms with E-state index in [0.717, 1.165) is 5.69 Å². The number of benzene rings is 2. The molecule has 2 N–H and O–H groups in total. The van der Waals surface area contributed by atoms with Crippen molar-refractivity contribution in [2.75, 3.05) is 50.1 Å². The lowest BCUT2D eigenvalue weighted by molar-refractivity contribution is -0.114. The lowest BCUT2D eigenvalue weighted by Crippen LogP contribution is -2.40. The van der Waals surface area contributed by atoms with Crippen LogP contribution in [0, 0.1) is 0 Å². The summed E-state index contributed by atoms with van der Waals surface area (Å²) in [4.78, 5) is 26.7. The van der Waals surface area contributed by atoms with Crippen LogP contribution in [0.5, 0.6) is 5.75 Å². The van der Waals surface area contributed by atoms with E-state index in [4.69, 9.17) is 9.47 Å². The van der Waals surface area contributed by atoms with Crippen LogP contribution in [-0.2, 0) is 9.53 Å². The Morgan fingerprint density at radius 1 is 1.14 bits per heavy atom. The molecule has 2 amide bonds. The predicted molar refractivity (Wildman–Crippen MR) is 112 cm³/mol. The Hall–Kier alpha value is -3.32. The van der Waals surface area contributed by atoms with Gasteiger partial charge in [0.05, 0.1) is 25.4 Å². The maximum absolute atomic E-state index is 12.6. The van der Waals surface area contributed by atoms with Crippen LogP contribution in [0.15, 0.2) is 61.2 Å². The number of rotatable bonds is 8. The number of amides is 2. The average molecular weight is 395 g/mol. The van der Waals surface area contributed by atoms with Gasteiger partial charge in [0.1, 0.15) is 12.4 Å². The molecule has 0 unspecified atom stereocenters. The SMILES string of the molecule is C=CCOc1ccccc1NCC(=O)Nc1cccc(C(=O)N2CCOCC2)c1. The molecule has 3 rings (SSSR count). The van der Waals surface area contributed by atoms with E-state index in [1.165, 1.54) is 0 Å². The molecular formula is C22H25N3O4. The summed E-state index contributed by atoms with van der Waals surface area (Å²) in [6, 6.07) is 14.3. The molecule has 0 aromatic heterocycles. The lowest BCUT2D eigenvalue weighted by Gasteiger charge is -2.27. The summed E-state index contributed by atoms with van der Waals surface area (Å²) >= 11 is 0. The fourth-order valence-corrected chi connectivity index (χ4v) is 2.95. The largest absolute Gasteiger partial charge is 0.487 e. The van der Waals surface area contributed by atoms with Gasteiger partial charge in [0.25, 0.3) is 5.91 Å². The highest BCUT2D eigenvalue weighted by Gasteiger charge is 2.18. The molecule has 0 saturated carbocycles. The predicted octanol–water partition coefficient (Wildman–Crippen LogP) is 2.77. The van der Waals surface area contributed by atoms with Gasteiger partial charge >= 0.3 is 0 Å². The first-order valence-corrected chi connectivity index (χ1v) is 9.51. The Balaban J connectivity index is 1.57. The topological polar surface area (TPSA) is 79.9 Å². The normalized spacial score (nSPS) is 13.4. The molecule has 0 aliphatic carbocycles. The molecular weight excluding hydrogens is 370 g/mol. The number of carbonyl (C=O) groups is 2. The Morgan fingerprint density at radius 2 is 1.93 bits per heavy atom. The van der Waals surface area contributed by atoms with Crippen LogP contribution in [0.25, 0.3) is 0 Å². The zero-order valence-corrected chi connectivity index (χ0v) is 16.2. The highest BCUT2D eigenvalue weighted by atomic mass is 16.5. The first-order valence-electron chi connectivity index (χ1n) is 9.51. The van der Waals surface area contributed by atoms with E-state index < -0.39 is 0 Å². The molecule has 152 valence electrons. The maximum atomic E-state index is 12.6. The van der Waals surface area contributed by atoms with Crippen LogP contribution in [0.2, 0.25) is 0 Å². The van der Waals surface area contributed by atoms with Crippen LogP contribution in [0.4, 0.5) is 11.4 Å². The standard InChI is InChI=1S/C22H25N3O4/c1-2-12-29-20-9-4-3-8-19(20)23-16-21(26)24-18-7-5-6-17(15-18)22(27)25-10-13-28-14-11-25/h2-9,15,23H,1,10-14,16H2,(H,24,26).